The Morgan fingerprint density at radius 1 is 1.32 bits per heavy atom. The molecule has 0 saturated carbocycles. The monoisotopic (exact) mass is 266 g/mol. The van der Waals surface area contributed by atoms with E-state index in [1.165, 1.54) is 0 Å². The third-order valence-electron chi connectivity index (χ3n) is 3.41. The van der Waals surface area contributed by atoms with Crippen LogP contribution < -0.4 is 5.32 Å². The van der Waals surface area contributed by atoms with Crippen LogP contribution in [-0.2, 0) is 0 Å². The summed E-state index contributed by atoms with van der Waals surface area (Å²) in [4.78, 5) is 9.21. The van der Waals surface area contributed by atoms with Gasteiger partial charge in [0.15, 0.2) is 6.17 Å². The molecule has 2 N–H and O–H groups in total. The molecule has 0 aromatic carbocycles. The number of hydrogen-bond donors (Lipinski definition) is 2. The standard InChI is InChI=1S/C13H16F2N4/c14-12(15)13-17-10(9-4-3-5-16-9)8-11(18-13)19-6-1-2-7-19/h3-5,8,12-13,16-17H,1-2,6-7H2. The van der Waals surface area contributed by atoms with Gasteiger partial charge >= 0.3 is 0 Å². The molecule has 2 aliphatic heterocycles. The smallest absolute Gasteiger partial charge is 0.278 e. The van der Waals surface area contributed by atoms with Gasteiger partial charge in [0.1, 0.15) is 5.84 Å². The summed E-state index contributed by atoms with van der Waals surface area (Å²) in [6.45, 7) is 1.78. The molecule has 1 unspecified atom stereocenters. The summed E-state index contributed by atoms with van der Waals surface area (Å²) in [7, 11) is 0. The van der Waals surface area contributed by atoms with Crippen LogP contribution in [0.25, 0.3) is 5.70 Å². The number of hydrogen-bond acceptors (Lipinski definition) is 3. The minimum Gasteiger partial charge on any atom is -0.360 e. The second-order valence-corrected chi connectivity index (χ2v) is 4.75. The van der Waals surface area contributed by atoms with E-state index in [9.17, 15) is 8.78 Å². The maximum Gasteiger partial charge on any atom is 0.278 e. The third-order valence-corrected chi connectivity index (χ3v) is 3.41. The van der Waals surface area contributed by atoms with E-state index in [-0.39, 0.29) is 0 Å². The molecule has 0 bridgehead atoms. The average molecular weight is 266 g/mol. The Labute approximate surface area is 110 Å². The number of nitrogens with one attached hydrogen (secondary N) is 2. The Bertz CT molecular complexity index is 487. The molecule has 2 aliphatic rings. The minimum atomic E-state index is -2.52. The minimum absolute atomic E-state index is 0.658. The molecule has 0 aliphatic carbocycles. The van der Waals surface area contributed by atoms with Crippen molar-refractivity contribution in [1.82, 2.24) is 15.2 Å². The van der Waals surface area contributed by atoms with Crippen molar-refractivity contribution in [3.8, 4) is 0 Å². The lowest BCUT2D eigenvalue weighted by Gasteiger charge is -2.27. The molecule has 6 heteroatoms. The van der Waals surface area contributed by atoms with E-state index in [1.807, 2.05) is 18.2 Å². The van der Waals surface area contributed by atoms with Crippen molar-refractivity contribution < 1.29 is 8.78 Å². The van der Waals surface area contributed by atoms with Gasteiger partial charge in [-0.2, -0.15) is 0 Å². The fraction of sp³-hybridized carbons (Fsp3) is 0.462. The number of halogens is 2. The Morgan fingerprint density at radius 2 is 2.11 bits per heavy atom. The van der Waals surface area contributed by atoms with Gasteiger partial charge in [-0.1, -0.05) is 0 Å². The summed E-state index contributed by atoms with van der Waals surface area (Å²) < 4.78 is 25.9. The van der Waals surface area contributed by atoms with Crippen LogP contribution in [0.2, 0.25) is 0 Å². The lowest BCUT2D eigenvalue weighted by Crippen LogP contribution is -2.40. The number of aromatic nitrogens is 1. The molecular formula is C13H16F2N4. The molecule has 19 heavy (non-hydrogen) atoms. The number of amidine groups is 1. The second kappa shape index (κ2) is 5.03. The quantitative estimate of drug-likeness (QED) is 0.860. The number of aliphatic imine (C=N–C) groups is 1. The van der Waals surface area contributed by atoms with Gasteiger partial charge in [0.25, 0.3) is 6.43 Å². The molecular weight excluding hydrogens is 250 g/mol. The van der Waals surface area contributed by atoms with Gasteiger partial charge in [-0.25, -0.2) is 13.8 Å². The van der Waals surface area contributed by atoms with Crippen molar-refractivity contribution in [3.05, 3.63) is 30.1 Å². The highest BCUT2D eigenvalue weighted by Crippen LogP contribution is 2.20. The number of rotatable bonds is 2. The fourth-order valence-corrected chi connectivity index (χ4v) is 2.43. The molecule has 1 saturated heterocycles. The van der Waals surface area contributed by atoms with Crippen molar-refractivity contribution in [3.63, 3.8) is 0 Å². The van der Waals surface area contributed by atoms with Crippen LogP contribution in [-0.4, -0.2) is 41.4 Å². The number of aromatic amines is 1. The summed E-state index contributed by atoms with van der Waals surface area (Å²) >= 11 is 0. The molecule has 0 spiro atoms. The van der Waals surface area contributed by atoms with Crippen LogP contribution >= 0.6 is 0 Å². The predicted octanol–water partition coefficient (Wildman–Crippen LogP) is 2.04. The summed E-state index contributed by atoms with van der Waals surface area (Å²) in [5, 5.41) is 2.77. The van der Waals surface area contributed by atoms with Gasteiger partial charge in [-0.3, -0.25) is 0 Å². The van der Waals surface area contributed by atoms with Gasteiger partial charge in [0.2, 0.25) is 0 Å². The first kappa shape index (κ1) is 12.2. The first-order valence-electron chi connectivity index (χ1n) is 6.47. The molecule has 0 radical (unpaired) electrons. The van der Waals surface area contributed by atoms with E-state index in [1.54, 1.807) is 6.20 Å². The topological polar surface area (TPSA) is 43.4 Å². The molecule has 1 aromatic rings. The van der Waals surface area contributed by atoms with Gasteiger partial charge in [0, 0.05) is 25.4 Å². The Kier molecular flexibility index (Phi) is 3.23. The van der Waals surface area contributed by atoms with Crippen molar-refractivity contribution >= 4 is 11.5 Å². The molecule has 102 valence electrons. The van der Waals surface area contributed by atoms with Gasteiger partial charge < -0.3 is 15.2 Å². The lowest BCUT2D eigenvalue weighted by molar-refractivity contribution is 0.108. The van der Waals surface area contributed by atoms with E-state index in [2.05, 4.69) is 20.2 Å². The van der Waals surface area contributed by atoms with Crippen LogP contribution in [0, 0.1) is 0 Å². The van der Waals surface area contributed by atoms with Crippen molar-refractivity contribution in [1.29, 1.82) is 0 Å². The zero-order chi connectivity index (χ0) is 13.2. The van der Waals surface area contributed by atoms with Gasteiger partial charge in [-0.15, -0.1) is 0 Å². The maximum atomic E-state index is 13.0. The number of alkyl halides is 2. The van der Waals surface area contributed by atoms with E-state index in [0.29, 0.717) is 11.5 Å². The number of H-pyrrole nitrogens is 1. The highest BCUT2D eigenvalue weighted by atomic mass is 19.3. The van der Waals surface area contributed by atoms with Crippen LogP contribution in [0.15, 0.2) is 29.4 Å². The Balaban J connectivity index is 1.90. The van der Waals surface area contributed by atoms with Gasteiger partial charge in [0.05, 0.1) is 11.4 Å². The number of nitrogens with zero attached hydrogens (tertiary/aromatic N) is 2. The second-order valence-electron chi connectivity index (χ2n) is 4.75. The SMILES string of the molecule is FC(F)C1N=C(N2CCCC2)C=C(c2ccc[nH]2)N1. The number of likely N-dealkylation sites (tertiary alicyclic amines) is 1. The third kappa shape index (κ3) is 2.47. The zero-order valence-corrected chi connectivity index (χ0v) is 10.4. The van der Waals surface area contributed by atoms with Crippen LogP contribution in [0.5, 0.6) is 0 Å². The fourth-order valence-electron chi connectivity index (χ4n) is 2.43. The van der Waals surface area contributed by atoms with Crippen LogP contribution in [0.1, 0.15) is 18.5 Å². The summed E-state index contributed by atoms with van der Waals surface area (Å²) in [5.74, 6) is 0.658. The first-order chi connectivity index (χ1) is 9.24. The van der Waals surface area contributed by atoms with Crippen molar-refractivity contribution in [2.24, 2.45) is 4.99 Å². The van der Waals surface area contributed by atoms with Crippen LogP contribution in [0.3, 0.4) is 0 Å². The molecule has 1 atom stereocenters. The molecule has 3 rings (SSSR count). The zero-order valence-electron chi connectivity index (χ0n) is 10.4. The summed E-state index contributed by atoms with van der Waals surface area (Å²) in [5.41, 5.74) is 1.48. The maximum absolute atomic E-state index is 13.0. The molecule has 3 heterocycles. The molecule has 1 fully saturated rings. The van der Waals surface area contributed by atoms with Gasteiger partial charge in [-0.05, 0) is 25.0 Å². The van der Waals surface area contributed by atoms with Crippen molar-refractivity contribution in [2.45, 2.75) is 25.4 Å². The Hall–Kier alpha value is -1.85. The normalized spacial score (nSPS) is 23.3. The highest BCUT2D eigenvalue weighted by molar-refractivity contribution is 6.00. The first-order valence-corrected chi connectivity index (χ1v) is 6.47. The largest absolute Gasteiger partial charge is 0.360 e. The van der Waals surface area contributed by atoms with E-state index in [4.69, 9.17) is 0 Å². The molecule has 4 nitrogen and oxygen atoms in total. The van der Waals surface area contributed by atoms with E-state index >= 15 is 0 Å². The highest BCUT2D eigenvalue weighted by Gasteiger charge is 2.27. The Morgan fingerprint density at radius 3 is 2.74 bits per heavy atom. The van der Waals surface area contributed by atoms with Crippen molar-refractivity contribution in [2.75, 3.05) is 13.1 Å². The van der Waals surface area contributed by atoms with E-state index in [0.717, 1.165) is 31.6 Å². The van der Waals surface area contributed by atoms with Crippen LogP contribution in [0.4, 0.5) is 8.78 Å². The average Bonchev–Trinajstić information content (AvgIpc) is 3.11. The summed E-state index contributed by atoms with van der Waals surface area (Å²) in [6.07, 6.45) is 2.12. The molecule has 0 amide bonds. The lowest BCUT2D eigenvalue weighted by atomic mass is 10.2. The van der Waals surface area contributed by atoms with E-state index < -0.39 is 12.6 Å². The molecule has 1 aromatic heterocycles. The predicted molar refractivity (Wildman–Crippen MR) is 69.9 cm³/mol. The summed E-state index contributed by atoms with van der Waals surface area (Å²) in [6, 6.07) is 3.70.